The Kier molecular flexibility index (Phi) is 5.67. The first-order valence-electron chi connectivity index (χ1n) is 12.5. The van der Waals surface area contributed by atoms with Crippen molar-refractivity contribution in [3.8, 4) is 17.3 Å². The largest absolute Gasteiger partial charge is 0.340 e. The molecule has 2 aromatic heterocycles. The van der Waals surface area contributed by atoms with E-state index in [1.54, 1.807) is 31.5 Å². The molecule has 13 nitrogen and oxygen atoms in total. The van der Waals surface area contributed by atoms with Crippen LogP contribution in [0.2, 0.25) is 0 Å². The number of aliphatic imine (C=N–C) groups is 1. The Bertz CT molecular complexity index is 1360. The third-order valence-electron chi connectivity index (χ3n) is 7.66. The number of carbonyl (C=O) groups excluding carboxylic acids is 3. The van der Waals surface area contributed by atoms with Gasteiger partial charge in [-0.15, -0.1) is 0 Å². The van der Waals surface area contributed by atoms with E-state index in [1.807, 2.05) is 12.1 Å². The number of rotatable bonds is 6. The number of amides is 4. The number of urea groups is 1. The molecule has 5 heterocycles. The van der Waals surface area contributed by atoms with Gasteiger partial charge < -0.3 is 20.0 Å². The van der Waals surface area contributed by atoms with Crippen LogP contribution in [-0.4, -0.2) is 98.8 Å². The summed E-state index contributed by atoms with van der Waals surface area (Å²) < 4.78 is 0. The van der Waals surface area contributed by atoms with E-state index < -0.39 is 36.1 Å². The van der Waals surface area contributed by atoms with Gasteiger partial charge in [-0.05, 0) is 37.3 Å². The van der Waals surface area contributed by atoms with Crippen molar-refractivity contribution in [3.63, 3.8) is 0 Å². The highest BCUT2D eigenvalue weighted by atomic mass is 16.2. The topological polar surface area (TPSA) is 151 Å². The SMILES string of the molecule is C[C@@H](C(=O)Nc1cccc(-c2cnc(N3CC4CC4C3)nc2)n1)N1C=NC2C1C(=O)N(CC#N)C(=O)N2C. The first kappa shape index (κ1) is 23.8. The lowest BCUT2D eigenvalue weighted by molar-refractivity contribution is -0.138. The highest BCUT2D eigenvalue weighted by molar-refractivity contribution is 6.03. The Hall–Kier alpha value is -4.60. The van der Waals surface area contributed by atoms with Gasteiger partial charge in [0.1, 0.15) is 18.4 Å². The standard InChI is InChI=1S/C25H26N10O3/c1-14(35-13-29-21-20(35)23(37)34(7-6-26)25(38)32(21)2)22(36)31-19-5-3-4-18(30-19)17-9-27-24(28-10-17)33-11-15-8-16(15)12-33/h3-5,9-10,13-16,20-21H,7-8,11-12H2,1-2H3,(H,30,31,36)/t14-,15?,16?,20?,21?/m0/s1. The third kappa shape index (κ3) is 3.98. The molecule has 3 aliphatic heterocycles. The molecule has 6 rings (SSSR count). The second kappa shape index (κ2) is 9.05. The lowest BCUT2D eigenvalue weighted by Gasteiger charge is -2.41. The van der Waals surface area contributed by atoms with Crippen LogP contribution in [-0.2, 0) is 9.59 Å². The quantitative estimate of drug-likeness (QED) is 0.551. The van der Waals surface area contributed by atoms with E-state index >= 15 is 0 Å². The van der Waals surface area contributed by atoms with E-state index in [9.17, 15) is 14.4 Å². The second-order valence-corrected chi connectivity index (χ2v) is 10.1. The number of pyridine rings is 1. The van der Waals surface area contributed by atoms with E-state index in [0.717, 1.165) is 41.3 Å². The molecule has 3 fully saturated rings. The van der Waals surface area contributed by atoms with E-state index in [-0.39, 0.29) is 6.54 Å². The number of anilines is 2. The normalized spacial score (nSPS) is 26.2. The molecule has 0 spiro atoms. The van der Waals surface area contributed by atoms with E-state index in [1.165, 1.54) is 29.6 Å². The minimum absolute atomic E-state index is 0.337. The van der Waals surface area contributed by atoms with Crippen molar-refractivity contribution in [1.82, 2.24) is 29.7 Å². The lowest BCUT2D eigenvalue weighted by atomic mass is 10.1. The van der Waals surface area contributed by atoms with Crippen LogP contribution >= 0.6 is 0 Å². The van der Waals surface area contributed by atoms with Crippen LogP contribution in [0.5, 0.6) is 0 Å². The van der Waals surface area contributed by atoms with Crippen LogP contribution in [0.3, 0.4) is 0 Å². The zero-order valence-corrected chi connectivity index (χ0v) is 20.9. The highest BCUT2D eigenvalue weighted by Gasteiger charge is 2.51. The molecule has 38 heavy (non-hydrogen) atoms. The molecule has 0 bridgehead atoms. The van der Waals surface area contributed by atoms with Crippen LogP contribution in [0.25, 0.3) is 11.3 Å². The van der Waals surface area contributed by atoms with Gasteiger partial charge in [0.2, 0.25) is 11.9 Å². The number of hydrogen-bond acceptors (Lipinski definition) is 10. The fourth-order valence-corrected chi connectivity index (χ4v) is 5.34. The third-order valence-corrected chi connectivity index (χ3v) is 7.66. The Morgan fingerprint density at radius 2 is 1.95 bits per heavy atom. The van der Waals surface area contributed by atoms with Gasteiger partial charge in [0.05, 0.1) is 18.1 Å². The summed E-state index contributed by atoms with van der Waals surface area (Å²) in [5.41, 5.74) is 1.35. The van der Waals surface area contributed by atoms with E-state index in [2.05, 4.69) is 30.2 Å². The van der Waals surface area contributed by atoms with Gasteiger partial charge in [0, 0.05) is 38.1 Å². The predicted molar refractivity (Wildman–Crippen MR) is 136 cm³/mol. The Balaban J connectivity index is 1.14. The van der Waals surface area contributed by atoms with Gasteiger partial charge in [0.15, 0.2) is 12.2 Å². The molecular formula is C25H26N10O3. The fourth-order valence-electron chi connectivity index (χ4n) is 5.34. The van der Waals surface area contributed by atoms with Gasteiger partial charge in [0.25, 0.3) is 5.91 Å². The molecule has 0 radical (unpaired) electrons. The summed E-state index contributed by atoms with van der Waals surface area (Å²) >= 11 is 0. The maximum absolute atomic E-state index is 13.2. The summed E-state index contributed by atoms with van der Waals surface area (Å²) in [5.74, 6) is 1.67. The van der Waals surface area contributed by atoms with Crippen molar-refractivity contribution < 1.29 is 14.4 Å². The number of nitriles is 1. The number of carbonyl (C=O) groups is 3. The average molecular weight is 515 g/mol. The molecule has 1 N–H and O–H groups in total. The number of piperidine rings is 1. The highest BCUT2D eigenvalue weighted by Crippen LogP contribution is 2.45. The van der Waals surface area contributed by atoms with Gasteiger partial charge in [-0.25, -0.2) is 29.6 Å². The van der Waals surface area contributed by atoms with Crippen LogP contribution in [0, 0.1) is 23.2 Å². The van der Waals surface area contributed by atoms with Crippen molar-refractivity contribution in [3.05, 3.63) is 30.6 Å². The Morgan fingerprint density at radius 3 is 2.66 bits per heavy atom. The average Bonchev–Trinajstić information content (AvgIpc) is 3.32. The smallest absolute Gasteiger partial charge is 0.329 e. The number of aromatic nitrogens is 3. The summed E-state index contributed by atoms with van der Waals surface area (Å²) in [6, 6.07) is 4.81. The fraction of sp³-hybridized carbons (Fsp3) is 0.440. The number of fused-ring (bicyclic) bond motifs is 2. The van der Waals surface area contributed by atoms with E-state index in [0.29, 0.717) is 11.5 Å². The molecule has 1 saturated carbocycles. The minimum atomic E-state index is -0.900. The molecule has 2 aromatic rings. The number of hydrogen-bond donors (Lipinski definition) is 1. The minimum Gasteiger partial charge on any atom is -0.340 e. The van der Waals surface area contributed by atoms with E-state index in [4.69, 9.17) is 5.26 Å². The number of nitrogens with one attached hydrogen (secondary N) is 1. The van der Waals surface area contributed by atoms with Crippen LogP contribution in [0.1, 0.15) is 13.3 Å². The number of imide groups is 1. The zero-order valence-electron chi connectivity index (χ0n) is 20.9. The maximum Gasteiger partial charge on any atom is 0.329 e. The van der Waals surface area contributed by atoms with Crippen molar-refractivity contribution in [2.24, 2.45) is 16.8 Å². The molecular weight excluding hydrogens is 488 g/mol. The Morgan fingerprint density at radius 1 is 1.21 bits per heavy atom. The van der Waals surface area contributed by atoms with Crippen molar-refractivity contribution in [1.29, 1.82) is 5.26 Å². The van der Waals surface area contributed by atoms with Crippen LogP contribution < -0.4 is 10.2 Å². The van der Waals surface area contributed by atoms with Crippen molar-refractivity contribution >= 4 is 36.0 Å². The molecule has 0 aromatic carbocycles. The van der Waals surface area contributed by atoms with Crippen LogP contribution in [0.4, 0.5) is 16.6 Å². The maximum atomic E-state index is 13.2. The molecule has 2 saturated heterocycles. The van der Waals surface area contributed by atoms with Crippen molar-refractivity contribution in [2.75, 3.05) is 36.9 Å². The molecule has 194 valence electrons. The van der Waals surface area contributed by atoms with Gasteiger partial charge in [-0.1, -0.05) is 6.07 Å². The summed E-state index contributed by atoms with van der Waals surface area (Å²) in [6.07, 6.45) is 5.43. The number of nitrogens with zero attached hydrogens (tertiary/aromatic N) is 9. The molecule has 1 aliphatic carbocycles. The van der Waals surface area contributed by atoms with Gasteiger partial charge in [-0.3, -0.25) is 9.59 Å². The monoisotopic (exact) mass is 514 g/mol. The molecule has 4 aliphatic rings. The summed E-state index contributed by atoms with van der Waals surface area (Å²) in [7, 11) is 1.52. The summed E-state index contributed by atoms with van der Waals surface area (Å²) in [5, 5.41) is 11.8. The second-order valence-electron chi connectivity index (χ2n) is 10.1. The first-order valence-corrected chi connectivity index (χ1v) is 12.5. The summed E-state index contributed by atoms with van der Waals surface area (Å²) in [4.78, 5) is 62.4. The van der Waals surface area contributed by atoms with Crippen LogP contribution in [0.15, 0.2) is 35.6 Å². The molecule has 4 unspecified atom stereocenters. The molecule has 5 atom stereocenters. The first-order chi connectivity index (χ1) is 18.4. The predicted octanol–water partition coefficient (Wildman–Crippen LogP) is 0.778. The molecule has 13 heteroatoms. The Labute approximate surface area is 218 Å². The molecule has 4 amide bonds. The van der Waals surface area contributed by atoms with Gasteiger partial charge >= 0.3 is 6.03 Å². The summed E-state index contributed by atoms with van der Waals surface area (Å²) in [6.45, 7) is 3.29. The van der Waals surface area contributed by atoms with Gasteiger partial charge in [-0.2, -0.15) is 5.26 Å². The van der Waals surface area contributed by atoms with Crippen molar-refractivity contribution in [2.45, 2.75) is 31.6 Å². The lowest BCUT2D eigenvalue weighted by Crippen LogP contribution is -2.66. The number of likely N-dealkylation sites (N-methyl/N-ethyl adjacent to an activating group) is 1. The zero-order chi connectivity index (χ0) is 26.6.